The molecule has 0 aliphatic rings. The SMILES string of the molecule is C/C=C/COc1cc(OC)ccc1[C@H](C)N. The third-order valence-corrected chi connectivity index (χ3v) is 2.28. The van der Waals surface area contributed by atoms with Crippen LogP contribution in [-0.4, -0.2) is 13.7 Å². The molecule has 0 saturated heterocycles. The van der Waals surface area contributed by atoms with E-state index in [0.717, 1.165) is 17.1 Å². The van der Waals surface area contributed by atoms with Gasteiger partial charge >= 0.3 is 0 Å². The van der Waals surface area contributed by atoms with Gasteiger partial charge < -0.3 is 15.2 Å². The normalized spacial score (nSPS) is 12.8. The number of rotatable bonds is 5. The minimum absolute atomic E-state index is 0.0495. The van der Waals surface area contributed by atoms with Crippen molar-refractivity contribution < 1.29 is 9.47 Å². The average molecular weight is 221 g/mol. The lowest BCUT2D eigenvalue weighted by Gasteiger charge is -2.14. The topological polar surface area (TPSA) is 44.5 Å². The van der Waals surface area contributed by atoms with Crippen LogP contribution in [0.1, 0.15) is 25.5 Å². The first-order valence-corrected chi connectivity index (χ1v) is 5.36. The zero-order chi connectivity index (χ0) is 12.0. The lowest BCUT2D eigenvalue weighted by molar-refractivity contribution is 0.351. The monoisotopic (exact) mass is 221 g/mol. The summed E-state index contributed by atoms with van der Waals surface area (Å²) in [6, 6.07) is 5.64. The molecule has 2 N–H and O–H groups in total. The predicted octanol–water partition coefficient (Wildman–Crippen LogP) is 2.67. The van der Waals surface area contributed by atoms with Crippen LogP contribution in [0.4, 0.5) is 0 Å². The molecular formula is C13H19NO2. The van der Waals surface area contributed by atoms with Crippen molar-refractivity contribution >= 4 is 0 Å². The van der Waals surface area contributed by atoms with Crippen molar-refractivity contribution in [2.75, 3.05) is 13.7 Å². The number of benzene rings is 1. The molecule has 1 aromatic rings. The molecule has 3 heteroatoms. The van der Waals surface area contributed by atoms with E-state index in [2.05, 4.69) is 0 Å². The van der Waals surface area contributed by atoms with E-state index in [1.54, 1.807) is 7.11 Å². The van der Waals surface area contributed by atoms with Crippen LogP contribution in [0.3, 0.4) is 0 Å². The lowest BCUT2D eigenvalue weighted by Crippen LogP contribution is -2.08. The summed E-state index contributed by atoms with van der Waals surface area (Å²) in [6.45, 7) is 4.44. The van der Waals surface area contributed by atoms with Gasteiger partial charge in [0.15, 0.2) is 0 Å². The molecule has 0 aliphatic carbocycles. The number of hydrogen-bond donors (Lipinski definition) is 1. The summed E-state index contributed by atoms with van der Waals surface area (Å²) < 4.78 is 10.8. The molecule has 1 atom stereocenters. The molecule has 0 amide bonds. The quantitative estimate of drug-likeness (QED) is 0.777. The zero-order valence-electron chi connectivity index (χ0n) is 10.1. The highest BCUT2D eigenvalue weighted by atomic mass is 16.5. The molecule has 0 saturated carbocycles. The molecule has 0 unspecified atom stereocenters. The summed E-state index contributed by atoms with van der Waals surface area (Å²) in [5, 5.41) is 0. The van der Waals surface area contributed by atoms with Crippen molar-refractivity contribution in [2.24, 2.45) is 5.73 Å². The number of ether oxygens (including phenoxy) is 2. The van der Waals surface area contributed by atoms with Crippen LogP contribution < -0.4 is 15.2 Å². The molecule has 3 nitrogen and oxygen atoms in total. The zero-order valence-corrected chi connectivity index (χ0v) is 10.1. The van der Waals surface area contributed by atoms with Gasteiger partial charge in [-0.1, -0.05) is 18.2 Å². The van der Waals surface area contributed by atoms with Crippen LogP contribution in [0.2, 0.25) is 0 Å². The Kier molecular flexibility index (Phi) is 4.86. The third-order valence-electron chi connectivity index (χ3n) is 2.28. The summed E-state index contributed by atoms with van der Waals surface area (Å²) in [6.07, 6.45) is 3.90. The van der Waals surface area contributed by atoms with E-state index in [4.69, 9.17) is 15.2 Å². The minimum atomic E-state index is -0.0495. The smallest absolute Gasteiger partial charge is 0.128 e. The van der Waals surface area contributed by atoms with E-state index in [1.165, 1.54) is 0 Å². The van der Waals surface area contributed by atoms with Crippen LogP contribution in [0.25, 0.3) is 0 Å². The Labute approximate surface area is 96.9 Å². The maximum Gasteiger partial charge on any atom is 0.128 e. The van der Waals surface area contributed by atoms with Gasteiger partial charge in [-0.25, -0.2) is 0 Å². The van der Waals surface area contributed by atoms with Gasteiger partial charge in [0.05, 0.1) is 7.11 Å². The average Bonchev–Trinajstić information content (AvgIpc) is 2.29. The van der Waals surface area contributed by atoms with Crippen LogP contribution in [0.5, 0.6) is 11.5 Å². The highest BCUT2D eigenvalue weighted by Gasteiger charge is 2.09. The first kappa shape index (κ1) is 12.6. The van der Waals surface area contributed by atoms with E-state index in [0.29, 0.717) is 6.61 Å². The second kappa shape index (κ2) is 6.18. The summed E-state index contributed by atoms with van der Waals surface area (Å²) in [5.41, 5.74) is 6.86. The highest BCUT2D eigenvalue weighted by molar-refractivity contribution is 5.42. The summed E-state index contributed by atoms with van der Waals surface area (Å²) in [7, 11) is 1.64. The fraction of sp³-hybridized carbons (Fsp3) is 0.385. The first-order chi connectivity index (χ1) is 7.69. The Bertz CT molecular complexity index is 359. The third kappa shape index (κ3) is 3.28. The van der Waals surface area contributed by atoms with Gasteiger partial charge in [0, 0.05) is 17.7 Å². The second-order valence-electron chi connectivity index (χ2n) is 3.57. The van der Waals surface area contributed by atoms with Crippen molar-refractivity contribution in [1.82, 2.24) is 0 Å². The van der Waals surface area contributed by atoms with Gasteiger partial charge in [-0.3, -0.25) is 0 Å². The van der Waals surface area contributed by atoms with Crippen LogP contribution >= 0.6 is 0 Å². The Balaban J connectivity index is 2.91. The van der Waals surface area contributed by atoms with Gasteiger partial charge in [-0.05, 0) is 19.9 Å². The molecule has 0 heterocycles. The molecule has 0 radical (unpaired) electrons. The number of methoxy groups -OCH3 is 1. The molecule has 0 aromatic heterocycles. The summed E-state index contributed by atoms with van der Waals surface area (Å²) in [4.78, 5) is 0. The molecule has 0 bridgehead atoms. The Morgan fingerprint density at radius 2 is 2.19 bits per heavy atom. The van der Waals surface area contributed by atoms with Crippen molar-refractivity contribution in [3.05, 3.63) is 35.9 Å². The lowest BCUT2D eigenvalue weighted by atomic mass is 10.1. The van der Waals surface area contributed by atoms with Gasteiger partial charge in [0.2, 0.25) is 0 Å². The molecule has 1 aromatic carbocycles. The molecule has 0 spiro atoms. The van der Waals surface area contributed by atoms with Gasteiger partial charge in [-0.15, -0.1) is 0 Å². The predicted molar refractivity (Wildman–Crippen MR) is 65.9 cm³/mol. The van der Waals surface area contributed by atoms with Crippen molar-refractivity contribution in [3.63, 3.8) is 0 Å². The Morgan fingerprint density at radius 1 is 1.44 bits per heavy atom. The van der Waals surface area contributed by atoms with Crippen molar-refractivity contribution in [1.29, 1.82) is 0 Å². The number of nitrogens with two attached hydrogens (primary N) is 1. The van der Waals surface area contributed by atoms with Gasteiger partial charge in [0.25, 0.3) is 0 Å². The number of hydrogen-bond acceptors (Lipinski definition) is 3. The number of allylic oxidation sites excluding steroid dienone is 1. The fourth-order valence-electron chi connectivity index (χ4n) is 1.38. The first-order valence-electron chi connectivity index (χ1n) is 5.36. The Hall–Kier alpha value is -1.48. The largest absolute Gasteiger partial charge is 0.497 e. The summed E-state index contributed by atoms with van der Waals surface area (Å²) in [5.74, 6) is 1.56. The maximum atomic E-state index is 5.87. The van der Waals surface area contributed by atoms with Crippen molar-refractivity contribution in [3.8, 4) is 11.5 Å². The molecule has 0 fully saturated rings. The highest BCUT2D eigenvalue weighted by Crippen LogP contribution is 2.28. The second-order valence-corrected chi connectivity index (χ2v) is 3.57. The van der Waals surface area contributed by atoms with E-state index in [-0.39, 0.29) is 6.04 Å². The van der Waals surface area contributed by atoms with Crippen LogP contribution in [0.15, 0.2) is 30.4 Å². The Morgan fingerprint density at radius 3 is 2.75 bits per heavy atom. The van der Waals surface area contributed by atoms with E-state index in [9.17, 15) is 0 Å². The van der Waals surface area contributed by atoms with E-state index < -0.39 is 0 Å². The standard InChI is InChI=1S/C13H19NO2/c1-4-5-8-16-13-9-11(15-3)6-7-12(13)10(2)14/h4-7,9-10H,8,14H2,1-3H3/b5-4+/t10-/m0/s1. The summed E-state index contributed by atoms with van der Waals surface area (Å²) >= 11 is 0. The molecule has 0 aliphatic heterocycles. The van der Waals surface area contributed by atoms with Crippen LogP contribution in [0, 0.1) is 0 Å². The van der Waals surface area contributed by atoms with E-state index >= 15 is 0 Å². The van der Waals surface area contributed by atoms with Gasteiger partial charge in [0.1, 0.15) is 18.1 Å². The molecular weight excluding hydrogens is 202 g/mol. The van der Waals surface area contributed by atoms with Gasteiger partial charge in [-0.2, -0.15) is 0 Å². The fourth-order valence-corrected chi connectivity index (χ4v) is 1.38. The molecule has 1 rings (SSSR count). The minimum Gasteiger partial charge on any atom is -0.497 e. The molecule has 88 valence electrons. The molecule has 16 heavy (non-hydrogen) atoms. The maximum absolute atomic E-state index is 5.87. The van der Waals surface area contributed by atoms with Crippen molar-refractivity contribution in [2.45, 2.75) is 19.9 Å². The van der Waals surface area contributed by atoms with E-state index in [1.807, 2.05) is 44.2 Å². The van der Waals surface area contributed by atoms with Crippen LogP contribution in [-0.2, 0) is 0 Å².